The van der Waals surface area contributed by atoms with Gasteiger partial charge in [0, 0.05) is 25.9 Å². The maximum atomic E-state index is 5.72. The molecule has 2 atom stereocenters. The maximum Gasteiger partial charge on any atom is 0.185 e. The lowest BCUT2D eigenvalue weighted by molar-refractivity contribution is 0.309. The molecule has 2 aliphatic rings. The maximum absolute atomic E-state index is 5.72. The molecule has 0 saturated heterocycles. The smallest absolute Gasteiger partial charge is 0.185 e. The molecule has 2 unspecified atom stereocenters. The van der Waals surface area contributed by atoms with Crippen molar-refractivity contribution in [2.45, 2.75) is 24.9 Å². The molecule has 1 N–H and O–H groups in total. The fourth-order valence-corrected chi connectivity index (χ4v) is 3.33. The molecule has 2 aromatic rings. The van der Waals surface area contributed by atoms with Crippen molar-refractivity contribution in [2.24, 2.45) is 9.98 Å². The van der Waals surface area contributed by atoms with E-state index < -0.39 is 0 Å². The lowest BCUT2D eigenvalue weighted by atomic mass is 10.1. The summed E-state index contributed by atoms with van der Waals surface area (Å²) in [5, 5.41) is 3.43. The first kappa shape index (κ1) is 17.7. The van der Waals surface area contributed by atoms with Gasteiger partial charge in [0.1, 0.15) is 25.3 Å². The van der Waals surface area contributed by atoms with Crippen molar-refractivity contribution in [1.82, 2.24) is 5.32 Å². The summed E-state index contributed by atoms with van der Waals surface area (Å²) in [6.07, 6.45) is 1.62. The van der Waals surface area contributed by atoms with Crippen LogP contribution >= 0.6 is 0 Å². The standard InChI is InChI=1S/C22H25N3O2/c1-3-7-17(8-4-1)19-15-26-21(24-19)11-13-23-14-12-22-25-20(16-27-22)18-9-5-2-6-10-18/h1-10,19-20,23H,11-16H2. The first-order chi connectivity index (χ1) is 13.4. The molecule has 5 nitrogen and oxygen atoms in total. The summed E-state index contributed by atoms with van der Waals surface area (Å²) in [4.78, 5) is 9.37. The molecule has 0 bridgehead atoms. The molecule has 0 spiro atoms. The Bertz CT molecular complexity index is 722. The van der Waals surface area contributed by atoms with Gasteiger partial charge in [-0.25, -0.2) is 9.98 Å². The molecule has 0 radical (unpaired) electrons. The summed E-state index contributed by atoms with van der Waals surface area (Å²) in [5.41, 5.74) is 2.43. The topological polar surface area (TPSA) is 55.2 Å². The van der Waals surface area contributed by atoms with Crippen molar-refractivity contribution in [3.63, 3.8) is 0 Å². The highest BCUT2D eigenvalue weighted by atomic mass is 16.5. The minimum absolute atomic E-state index is 0.136. The van der Waals surface area contributed by atoms with Crippen LogP contribution in [0.25, 0.3) is 0 Å². The molecular formula is C22H25N3O2. The fraction of sp³-hybridized carbons (Fsp3) is 0.364. The summed E-state index contributed by atoms with van der Waals surface area (Å²) < 4.78 is 11.4. The number of ether oxygens (including phenoxy) is 2. The van der Waals surface area contributed by atoms with Crippen LogP contribution in [0.1, 0.15) is 36.1 Å². The van der Waals surface area contributed by atoms with E-state index in [0.717, 1.165) is 37.7 Å². The molecular weight excluding hydrogens is 338 g/mol. The predicted octanol–water partition coefficient (Wildman–Crippen LogP) is 3.70. The van der Waals surface area contributed by atoms with Crippen LogP contribution in [-0.4, -0.2) is 38.1 Å². The Morgan fingerprint density at radius 3 is 1.59 bits per heavy atom. The van der Waals surface area contributed by atoms with Crippen LogP contribution in [0.3, 0.4) is 0 Å². The van der Waals surface area contributed by atoms with Gasteiger partial charge < -0.3 is 14.8 Å². The van der Waals surface area contributed by atoms with Crippen molar-refractivity contribution >= 4 is 11.8 Å². The molecule has 0 saturated carbocycles. The van der Waals surface area contributed by atoms with Gasteiger partial charge >= 0.3 is 0 Å². The van der Waals surface area contributed by atoms with Crippen molar-refractivity contribution in [2.75, 3.05) is 26.3 Å². The summed E-state index contributed by atoms with van der Waals surface area (Å²) in [7, 11) is 0. The molecule has 0 aliphatic carbocycles. The largest absolute Gasteiger partial charge is 0.478 e. The molecule has 4 rings (SSSR count). The number of benzene rings is 2. The summed E-state index contributed by atoms with van der Waals surface area (Å²) in [5.74, 6) is 1.69. The summed E-state index contributed by atoms with van der Waals surface area (Å²) in [6.45, 7) is 2.97. The van der Waals surface area contributed by atoms with Crippen molar-refractivity contribution in [3.8, 4) is 0 Å². The minimum atomic E-state index is 0.136. The number of hydrogen-bond donors (Lipinski definition) is 1. The van der Waals surface area contributed by atoms with Crippen LogP contribution in [0.5, 0.6) is 0 Å². The molecule has 0 aromatic heterocycles. The summed E-state index contributed by atoms with van der Waals surface area (Å²) in [6, 6.07) is 20.9. The quantitative estimate of drug-likeness (QED) is 0.728. The molecule has 140 valence electrons. The lowest BCUT2D eigenvalue weighted by Gasteiger charge is -2.05. The molecule has 5 heteroatoms. The number of nitrogens with zero attached hydrogens (tertiary/aromatic N) is 2. The van der Waals surface area contributed by atoms with Crippen LogP contribution in [0.15, 0.2) is 70.6 Å². The minimum Gasteiger partial charge on any atom is -0.478 e. The second kappa shape index (κ2) is 8.82. The molecule has 2 aliphatic heterocycles. The van der Waals surface area contributed by atoms with Gasteiger partial charge in [-0.05, 0) is 11.1 Å². The van der Waals surface area contributed by atoms with Crippen molar-refractivity contribution in [3.05, 3.63) is 71.8 Å². The van der Waals surface area contributed by atoms with Gasteiger partial charge in [-0.1, -0.05) is 60.7 Å². The highest BCUT2D eigenvalue weighted by molar-refractivity contribution is 5.78. The summed E-state index contributed by atoms with van der Waals surface area (Å²) >= 11 is 0. The lowest BCUT2D eigenvalue weighted by Crippen LogP contribution is -2.21. The monoisotopic (exact) mass is 363 g/mol. The van der Waals surface area contributed by atoms with E-state index in [4.69, 9.17) is 9.47 Å². The van der Waals surface area contributed by atoms with E-state index >= 15 is 0 Å². The Labute approximate surface area is 160 Å². The van der Waals surface area contributed by atoms with Gasteiger partial charge in [-0.15, -0.1) is 0 Å². The normalized spacial score (nSPS) is 21.3. The van der Waals surface area contributed by atoms with Crippen molar-refractivity contribution < 1.29 is 9.47 Å². The highest BCUT2D eigenvalue weighted by Crippen LogP contribution is 2.24. The van der Waals surface area contributed by atoms with Gasteiger partial charge in [0.15, 0.2) is 11.8 Å². The van der Waals surface area contributed by atoms with E-state index in [-0.39, 0.29) is 12.1 Å². The Hall–Kier alpha value is -2.66. The number of hydrogen-bond acceptors (Lipinski definition) is 5. The zero-order chi connectivity index (χ0) is 18.3. The highest BCUT2D eigenvalue weighted by Gasteiger charge is 2.21. The van der Waals surface area contributed by atoms with E-state index in [9.17, 15) is 0 Å². The van der Waals surface area contributed by atoms with Gasteiger partial charge in [0.05, 0.1) is 0 Å². The van der Waals surface area contributed by atoms with E-state index in [1.54, 1.807) is 0 Å². The third kappa shape index (κ3) is 4.74. The second-order valence-corrected chi connectivity index (χ2v) is 6.77. The first-order valence-corrected chi connectivity index (χ1v) is 9.58. The van der Waals surface area contributed by atoms with Gasteiger partial charge in [0.2, 0.25) is 0 Å². The average Bonchev–Trinajstić information content (AvgIpc) is 3.39. The number of aliphatic imine (C=N–C) groups is 2. The SMILES string of the molecule is c1ccc(C2COC(CCNCCC3=NC(c4ccccc4)CO3)=N2)cc1. The second-order valence-electron chi connectivity index (χ2n) is 6.77. The third-order valence-electron chi connectivity index (χ3n) is 4.82. The van der Waals surface area contributed by atoms with Crippen LogP contribution in [0.2, 0.25) is 0 Å². The van der Waals surface area contributed by atoms with E-state index in [2.05, 4.69) is 39.6 Å². The van der Waals surface area contributed by atoms with Gasteiger partial charge in [-0.3, -0.25) is 0 Å². The zero-order valence-electron chi connectivity index (χ0n) is 15.4. The van der Waals surface area contributed by atoms with Crippen LogP contribution in [0.4, 0.5) is 0 Å². The fourth-order valence-electron chi connectivity index (χ4n) is 3.33. The predicted molar refractivity (Wildman–Crippen MR) is 107 cm³/mol. The van der Waals surface area contributed by atoms with Crippen molar-refractivity contribution in [1.29, 1.82) is 0 Å². The van der Waals surface area contributed by atoms with Crippen LogP contribution in [-0.2, 0) is 9.47 Å². The van der Waals surface area contributed by atoms with E-state index in [1.165, 1.54) is 11.1 Å². The van der Waals surface area contributed by atoms with Gasteiger partial charge in [0.25, 0.3) is 0 Å². The van der Waals surface area contributed by atoms with Crippen LogP contribution < -0.4 is 5.32 Å². The zero-order valence-corrected chi connectivity index (χ0v) is 15.4. The Balaban J connectivity index is 1.16. The molecule has 0 amide bonds. The Morgan fingerprint density at radius 2 is 1.15 bits per heavy atom. The van der Waals surface area contributed by atoms with E-state index in [0.29, 0.717) is 13.2 Å². The average molecular weight is 363 g/mol. The third-order valence-corrected chi connectivity index (χ3v) is 4.82. The molecule has 2 heterocycles. The van der Waals surface area contributed by atoms with Gasteiger partial charge in [-0.2, -0.15) is 0 Å². The molecule has 2 aromatic carbocycles. The number of rotatable bonds is 8. The number of nitrogens with one attached hydrogen (secondary N) is 1. The molecule has 0 fully saturated rings. The first-order valence-electron chi connectivity index (χ1n) is 9.58. The van der Waals surface area contributed by atoms with Crippen LogP contribution in [0, 0.1) is 0 Å². The Morgan fingerprint density at radius 1 is 0.704 bits per heavy atom. The molecule has 27 heavy (non-hydrogen) atoms. The Kier molecular flexibility index (Phi) is 5.80. The van der Waals surface area contributed by atoms with E-state index in [1.807, 2.05) is 36.4 Å².